The normalized spacial score (nSPS) is 14.5. The van der Waals surface area contributed by atoms with Gasteiger partial charge in [0.2, 0.25) is 0 Å². The Morgan fingerprint density at radius 3 is 2.54 bits per heavy atom. The number of carbonyl (C=O) groups excluding carboxylic acids is 3. The van der Waals surface area contributed by atoms with Gasteiger partial charge in [-0.3, -0.25) is 29.9 Å². The monoisotopic (exact) mass is 537 g/mol. The summed E-state index contributed by atoms with van der Waals surface area (Å²) in [7, 11) is 0. The van der Waals surface area contributed by atoms with Crippen molar-refractivity contribution >= 4 is 85.6 Å². The lowest BCUT2D eigenvalue weighted by atomic mass is 10.2. The van der Waals surface area contributed by atoms with Crippen LogP contribution in [-0.4, -0.2) is 61.3 Å². The number of benzene rings is 1. The van der Waals surface area contributed by atoms with Crippen LogP contribution in [0.5, 0.6) is 0 Å². The molecule has 1 aromatic carbocycles. The summed E-state index contributed by atoms with van der Waals surface area (Å²) in [6.07, 6.45) is 0. The number of carboxylic acids is 1. The summed E-state index contributed by atoms with van der Waals surface area (Å²) in [5.74, 6) is -2.92. The van der Waals surface area contributed by atoms with Gasteiger partial charge < -0.3 is 15.2 Å². The summed E-state index contributed by atoms with van der Waals surface area (Å²) >= 11 is 6.78. The van der Waals surface area contributed by atoms with Crippen molar-refractivity contribution in [2.24, 2.45) is 0 Å². The molecule has 3 rings (SSSR count). The molecule has 35 heavy (non-hydrogen) atoms. The van der Waals surface area contributed by atoms with E-state index >= 15 is 0 Å². The topological polar surface area (TPSA) is 181 Å². The molecule has 3 amide bonds. The number of non-ortho nitro benzene ring substituents is 1. The Morgan fingerprint density at radius 2 is 1.94 bits per heavy atom. The van der Waals surface area contributed by atoms with Gasteiger partial charge in [0.05, 0.1) is 22.1 Å². The van der Waals surface area contributed by atoms with Crippen molar-refractivity contribution in [3.63, 3.8) is 0 Å². The second kappa shape index (κ2) is 11.0. The highest BCUT2D eigenvalue weighted by Crippen LogP contribution is 2.38. The molecule has 1 aliphatic heterocycles. The van der Waals surface area contributed by atoms with Gasteiger partial charge in [0.15, 0.2) is 5.13 Å². The average Bonchev–Trinajstić information content (AvgIpc) is 3.34. The second-order valence-corrected chi connectivity index (χ2v) is 9.00. The van der Waals surface area contributed by atoms with E-state index in [0.29, 0.717) is 5.69 Å². The number of carbonyl (C=O) groups is 4. The Balaban J connectivity index is 1.82. The highest BCUT2D eigenvalue weighted by molar-refractivity contribution is 8.26. The molecule has 16 heteroatoms. The number of urea groups is 1. The van der Waals surface area contributed by atoms with Crippen molar-refractivity contribution in [2.75, 3.05) is 23.8 Å². The van der Waals surface area contributed by atoms with E-state index in [1.54, 1.807) is 6.92 Å². The molecule has 3 N–H and O–H groups in total. The third kappa shape index (κ3) is 6.17. The van der Waals surface area contributed by atoms with E-state index in [1.165, 1.54) is 29.6 Å². The first-order valence-corrected chi connectivity index (χ1v) is 11.7. The number of hydrogen-bond acceptors (Lipinski definition) is 11. The zero-order valence-electron chi connectivity index (χ0n) is 17.7. The predicted octanol–water partition coefficient (Wildman–Crippen LogP) is 2.91. The number of nitrogens with one attached hydrogen (secondary N) is 2. The molecule has 0 radical (unpaired) electrons. The highest BCUT2D eigenvalue weighted by atomic mass is 32.2. The molecule has 0 aliphatic carbocycles. The van der Waals surface area contributed by atoms with Crippen molar-refractivity contribution in [1.82, 2.24) is 9.88 Å². The lowest BCUT2D eigenvalue weighted by molar-refractivity contribution is -0.384. The quantitative estimate of drug-likeness (QED) is 0.148. The van der Waals surface area contributed by atoms with Crippen LogP contribution in [0.2, 0.25) is 0 Å². The number of carboxylic acid groups (broad SMARTS) is 1. The number of ether oxygens (including phenoxy) is 1. The zero-order chi connectivity index (χ0) is 25.7. The van der Waals surface area contributed by atoms with E-state index in [4.69, 9.17) is 22.1 Å². The number of nitro groups is 1. The van der Waals surface area contributed by atoms with Gasteiger partial charge in [-0.25, -0.2) is 14.6 Å². The predicted molar refractivity (Wildman–Crippen MR) is 131 cm³/mol. The molecule has 182 valence electrons. The molecule has 0 atom stereocenters. The fourth-order valence-electron chi connectivity index (χ4n) is 2.71. The molecule has 1 saturated heterocycles. The molecule has 2 heterocycles. The number of thiazole rings is 1. The zero-order valence-corrected chi connectivity index (χ0v) is 20.1. The number of rotatable bonds is 8. The smallest absolute Gasteiger partial charge is 0.341 e. The van der Waals surface area contributed by atoms with E-state index in [9.17, 15) is 29.3 Å². The fourth-order valence-corrected chi connectivity index (χ4v) is 4.72. The lowest BCUT2D eigenvalue weighted by Gasteiger charge is -2.11. The average molecular weight is 538 g/mol. The first kappa shape index (κ1) is 25.7. The minimum absolute atomic E-state index is 0.00461. The maximum absolute atomic E-state index is 12.8. The first-order chi connectivity index (χ1) is 16.6. The van der Waals surface area contributed by atoms with E-state index < -0.39 is 35.3 Å². The molecule has 1 fully saturated rings. The van der Waals surface area contributed by atoms with Crippen molar-refractivity contribution in [3.8, 4) is 0 Å². The number of hydrogen-bond donors (Lipinski definition) is 3. The third-order valence-corrected chi connectivity index (χ3v) is 6.37. The molecular weight excluding hydrogens is 522 g/mol. The third-order valence-electron chi connectivity index (χ3n) is 4.17. The number of esters is 1. The van der Waals surface area contributed by atoms with Gasteiger partial charge in [0, 0.05) is 23.2 Å². The molecule has 1 aromatic heterocycles. The van der Waals surface area contributed by atoms with Crippen LogP contribution >= 0.6 is 35.3 Å². The van der Waals surface area contributed by atoms with Crippen LogP contribution in [0.15, 0.2) is 34.6 Å². The van der Waals surface area contributed by atoms with Gasteiger partial charge in [-0.1, -0.05) is 24.0 Å². The number of thiocarbonyl (C=S) groups is 1. The Morgan fingerprint density at radius 1 is 1.26 bits per heavy atom. The van der Waals surface area contributed by atoms with E-state index in [-0.39, 0.29) is 37.9 Å². The molecule has 0 unspecified atom stereocenters. The van der Waals surface area contributed by atoms with Gasteiger partial charge in [-0.05, 0) is 19.1 Å². The number of amides is 3. The number of anilines is 2. The molecular formula is C19H15N5O8S3. The Bertz CT molecular complexity index is 1260. The second-order valence-electron chi connectivity index (χ2n) is 6.50. The SMILES string of the molecule is CCOC(=O)C(=C1SC(=S)N(CC(=O)O)C1=O)c1csc(NC(=O)Nc2ccc([N+](=O)[O-])cc2)n1. The van der Waals surface area contributed by atoms with Crippen LogP contribution in [0.3, 0.4) is 0 Å². The van der Waals surface area contributed by atoms with E-state index in [0.717, 1.165) is 28.0 Å². The van der Waals surface area contributed by atoms with Crippen LogP contribution in [0, 0.1) is 10.1 Å². The van der Waals surface area contributed by atoms with Crippen molar-refractivity contribution < 1.29 is 33.9 Å². The van der Waals surface area contributed by atoms with Crippen LogP contribution < -0.4 is 10.6 Å². The molecule has 13 nitrogen and oxygen atoms in total. The molecule has 1 aliphatic rings. The van der Waals surface area contributed by atoms with Crippen LogP contribution in [0.1, 0.15) is 12.6 Å². The van der Waals surface area contributed by atoms with Crippen LogP contribution in [0.4, 0.5) is 21.3 Å². The summed E-state index contributed by atoms with van der Waals surface area (Å²) in [5, 5.41) is 26.2. The van der Waals surface area contributed by atoms with Crippen LogP contribution in [-0.2, 0) is 19.1 Å². The Hall–Kier alpha value is -3.89. The van der Waals surface area contributed by atoms with Gasteiger partial charge >= 0.3 is 18.0 Å². The standard InChI is InChI=1S/C19H15N5O8S3/c1-2-32-16(28)13(14-15(27)23(7-12(25)26)19(33)35-14)11-8-34-18(21-11)22-17(29)20-9-3-5-10(6-4-9)24(30)31/h3-6,8H,2,7H2,1H3,(H,25,26)(H2,20,21,22,29). The van der Waals surface area contributed by atoms with Gasteiger partial charge in [-0.15, -0.1) is 11.3 Å². The summed E-state index contributed by atoms with van der Waals surface area (Å²) in [5.41, 5.74) is -0.0351. The minimum Gasteiger partial charge on any atom is -0.480 e. The summed E-state index contributed by atoms with van der Waals surface area (Å²) in [6, 6.07) is 4.45. The largest absolute Gasteiger partial charge is 0.480 e. The number of aromatic nitrogens is 1. The van der Waals surface area contributed by atoms with Crippen LogP contribution in [0.25, 0.3) is 5.57 Å². The summed E-state index contributed by atoms with van der Waals surface area (Å²) in [4.78, 5) is 63.8. The number of nitro benzene ring substituents is 1. The fraction of sp³-hybridized carbons (Fsp3) is 0.158. The maximum Gasteiger partial charge on any atom is 0.341 e. The maximum atomic E-state index is 12.8. The number of thioether (sulfide) groups is 1. The first-order valence-electron chi connectivity index (χ1n) is 9.56. The van der Waals surface area contributed by atoms with E-state index in [1.807, 2.05) is 0 Å². The Labute approximate surface area is 210 Å². The van der Waals surface area contributed by atoms with Crippen molar-refractivity contribution in [1.29, 1.82) is 0 Å². The Kier molecular flexibility index (Phi) is 8.10. The van der Waals surface area contributed by atoms with E-state index in [2.05, 4.69) is 15.6 Å². The van der Waals surface area contributed by atoms with Crippen molar-refractivity contribution in [2.45, 2.75) is 6.92 Å². The molecule has 2 aromatic rings. The minimum atomic E-state index is -1.28. The van der Waals surface area contributed by atoms with Gasteiger partial charge in [-0.2, -0.15) is 0 Å². The lowest BCUT2D eigenvalue weighted by Crippen LogP contribution is -2.33. The molecule has 0 spiro atoms. The molecule has 0 bridgehead atoms. The summed E-state index contributed by atoms with van der Waals surface area (Å²) < 4.78 is 5.01. The van der Waals surface area contributed by atoms with Gasteiger partial charge in [0.1, 0.15) is 16.4 Å². The highest BCUT2D eigenvalue weighted by Gasteiger charge is 2.38. The molecule has 0 saturated carbocycles. The number of aliphatic carboxylic acids is 1. The number of nitrogens with zero attached hydrogens (tertiary/aromatic N) is 3. The van der Waals surface area contributed by atoms with Gasteiger partial charge in [0.25, 0.3) is 11.6 Å². The summed E-state index contributed by atoms with van der Waals surface area (Å²) in [6.45, 7) is 0.906. The van der Waals surface area contributed by atoms with Crippen molar-refractivity contribution in [3.05, 3.63) is 50.4 Å².